The van der Waals surface area contributed by atoms with E-state index in [0.29, 0.717) is 34.9 Å². The zero-order valence-corrected chi connectivity index (χ0v) is 23.3. The second-order valence-corrected chi connectivity index (χ2v) is 11.1. The van der Waals surface area contributed by atoms with Gasteiger partial charge in [-0.15, -0.1) is 11.3 Å². The summed E-state index contributed by atoms with van der Waals surface area (Å²) >= 11 is 8.26. The molecule has 0 unspecified atom stereocenters. The number of carbonyl (C=O) groups excluding carboxylic acids is 1. The Morgan fingerprint density at radius 3 is 2.58 bits per heavy atom. The summed E-state index contributed by atoms with van der Waals surface area (Å²) < 4.78 is 7.04. The molecule has 0 bridgehead atoms. The molecule has 38 heavy (non-hydrogen) atoms. The first-order valence-electron chi connectivity index (χ1n) is 13.1. The van der Waals surface area contributed by atoms with Crippen LogP contribution in [0.2, 0.25) is 5.02 Å². The van der Waals surface area contributed by atoms with E-state index >= 15 is 0 Å². The maximum absolute atomic E-state index is 14.2. The van der Waals surface area contributed by atoms with Crippen molar-refractivity contribution in [2.75, 3.05) is 19.4 Å². The van der Waals surface area contributed by atoms with E-state index in [1.165, 1.54) is 11.3 Å². The molecular weight excluding hydrogens is 516 g/mol. The minimum atomic E-state index is -0.0221. The third-order valence-corrected chi connectivity index (χ3v) is 9.02. The molecule has 198 valence electrons. The molecule has 2 aromatic carbocycles. The summed E-state index contributed by atoms with van der Waals surface area (Å²) in [5, 5.41) is 4.86. The van der Waals surface area contributed by atoms with Crippen LogP contribution in [-0.4, -0.2) is 41.5 Å². The first-order chi connectivity index (χ1) is 18.5. The molecule has 1 amide bonds. The third kappa shape index (κ3) is 5.51. The zero-order valence-electron chi connectivity index (χ0n) is 21.7. The highest BCUT2D eigenvalue weighted by Crippen LogP contribution is 2.38. The summed E-state index contributed by atoms with van der Waals surface area (Å²) in [5.74, 6) is 1.24. The van der Waals surface area contributed by atoms with Crippen molar-refractivity contribution < 1.29 is 9.53 Å². The number of nitrogens with one attached hydrogen (secondary N) is 1. The lowest BCUT2D eigenvalue weighted by Gasteiger charge is -2.37. The van der Waals surface area contributed by atoms with E-state index < -0.39 is 0 Å². The smallest absolute Gasteiger partial charge is 0.266 e. The largest absolute Gasteiger partial charge is 0.494 e. The van der Waals surface area contributed by atoms with Gasteiger partial charge in [0.05, 0.1) is 11.6 Å². The maximum atomic E-state index is 14.2. The number of rotatable bonds is 8. The van der Waals surface area contributed by atoms with Crippen molar-refractivity contribution in [1.82, 2.24) is 15.2 Å². The predicted molar refractivity (Wildman–Crippen MR) is 157 cm³/mol. The molecule has 2 heterocycles. The number of nitrogen functional groups attached to an aromatic ring is 1. The molecule has 1 aliphatic carbocycles. The Balaban J connectivity index is 1.53. The fourth-order valence-corrected chi connectivity index (χ4v) is 6.73. The number of hydrogen-bond acceptors (Lipinski definition) is 6. The molecule has 6 nitrogen and oxygen atoms in total. The number of nitrogens with zero attached hydrogens (tertiary/aromatic N) is 2. The predicted octanol–water partition coefficient (Wildman–Crippen LogP) is 6.77. The van der Waals surface area contributed by atoms with Crippen LogP contribution in [0.4, 0.5) is 5.82 Å². The van der Waals surface area contributed by atoms with Crippen molar-refractivity contribution >= 4 is 44.7 Å². The highest BCUT2D eigenvalue weighted by atomic mass is 35.5. The van der Waals surface area contributed by atoms with Gasteiger partial charge in [0.25, 0.3) is 5.91 Å². The summed E-state index contributed by atoms with van der Waals surface area (Å²) in [6.45, 7) is 2.95. The van der Waals surface area contributed by atoms with E-state index in [0.717, 1.165) is 58.2 Å². The monoisotopic (exact) mass is 548 g/mol. The number of ether oxygens (including phenoxy) is 1. The molecule has 4 aromatic rings. The van der Waals surface area contributed by atoms with E-state index in [2.05, 4.69) is 16.4 Å². The lowest BCUT2D eigenvalue weighted by Crippen LogP contribution is -2.44. The van der Waals surface area contributed by atoms with Crippen molar-refractivity contribution in [3.63, 3.8) is 0 Å². The van der Waals surface area contributed by atoms with Crippen LogP contribution in [-0.2, 0) is 6.54 Å². The van der Waals surface area contributed by atoms with Crippen LogP contribution in [0, 0.1) is 0 Å². The topological polar surface area (TPSA) is 80.5 Å². The van der Waals surface area contributed by atoms with Gasteiger partial charge in [0.2, 0.25) is 0 Å². The molecule has 0 radical (unpaired) electrons. The van der Waals surface area contributed by atoms with Crippen molar-refractivity contribution in [3.05, 3.63) is 76.3 Å². The van der Waals surface area contributed by atoms with Crippen LogP contribution < -0.4 is 15.8 Å². The van der Waals surface area contributed by atoms with Gasteiger partial charge in [-0.2, -0.15) is 0 Å². The number of carbonyl (C=O) groups is 1. The highest BCUT2D eigenvalue weighted by molar-refractivity contribution is 7.21. The van der Waals surface area contributed by atoms with E-state index in [4.69, 9.17) is 22.1 Å². The van der Waals surface area contributed by atoms with Crippen LogP contribution in [0.3, 0.4) is 0 Å². The summed E-state index contributed by atoms with van der Waals surface area (Å²) in [5.41, 5.74) is 8.73. The molecule has 3 N–H and O–H groups in total. The minimum absolute atomic E-state index is 0.0221. The molecule has 5 rings (SSSR count). The number of fused-ring (bicyclic) bond motifs is 1. The molecule has 1 aliphatic rings. The molecule has 1 saturated carbocycles. The zero-order chi connectivity index (χ0) is 26.6. The van der Waals surface area contributed by atoms with Gasteiger partial charge >= 0.3 is 0 Å². The Morgan fingerprint density at radius 1 is 1.13 bits per heavy atom. The van der Waals surface area contributed by atoms with Gasteiger partial charge in [-0.1, -0.05) is 35.9 Å². The van der Waals surface area contributed by atoms with E-state index in [1.807, 2.05) is 61.3 Å². The third-order valence-electron chi connectivity index (χ3n) is 7.36. The van der Waals surface area contributed by atoms with Crippen molar-refractivity contribution in [1.29, 1.82) is 0 Å². The Labute approximate surface area is 232 Å². The number of halogens is 1. The Hall–Kier alpha value is -3.13. The number of anilines is 1. The summed E-state index contributed by atoms with van der Waals surface area (Å²) in [6.07, 6.45) is 5.70. The van der Waals surface area contributed by atoms with Gasteiger partial charge in [0, 0.05) is 46.0 Å². The van der Waals surface area contributed by atoms with Crippen LogP contribution in [0.15, 0.2) is 60.8 Å². The fraction of sp³-hybridized carbons (Fsp3) is 0.333. The normalized spacial score (nSPS) is 17.4. The second-order valence-electron chi connectivity index (χ2n) is 9.70. The van der Waals surface area contributed by atoms with Crippen LogP contribution in [0.1, 0.15) is 47.8 Å². The first-order valence-corrected chi connectivity index (χ1v) is 14.3. The number of aromatic nitrogens is 1. The second kappa shape index (κ2) is 11.7. The molecule has 8 heteroatoms. The van der Waals surface area contributed by atoms with E-state index in [-0.39, 0.29) is 11.9 Å². The molecular formula is C30H33ClN4O2S. The molecule has 0 spiro atoms. The van der Waals surface area contributed by atoms with Crippen molar-refractivity contribution in [2.24, 2.45) is 0 Å². The van der Waals surface area contributed by atoms with Gasteiger partial charge in [-0.3, -0.25) is 4.79 Å². The van der Waals surface area contributed by atoms with Gasteiger partial charge in [0.1, 0.15) is 16.4 Å². The van der Waals surface area contributed by atoms with Gasteiger partial charge < -0.3 is 20.7 Å². The summed E-state index contributed by atoms with van der Waals surface area (Å²) in [7, 11) is 2.01. The lowest BCUT2D eigenvalue weighted by molar-refractivity contribution is 0.0604. The van der Waals surface area contributed by atoms with Crippen LogP contribution in [0.25, 0.3) is 21.2 Å². The number of benzene rings is 2. The molecule has 0 aliphatic heterocycles. The average molecular weight is 549 g/mol. The molecule has 0 atom stereocenters. The number of nitrogens with two attached hydrogens (primary N) is 1. The highest BCUT2D eigenvalue weighted by Gasteiger charge is 2.32. The summed E-state index contributed by atoms with van der Waals surface area (Å²) in [4.78, 5) is 21.1. The Bertz CT molecular complexity index is 1410. The average Bonchev–Trinajstić information content (AvgIpc) is 3.29. The Morgan fingerprint density at radius 2 is 1.89 bits per heavy atom. The lowest BCUT2D eigenvalue weighted by atomic mass is 9.89. The van der Waals surface area contributed by atoms with Crippen LogP contribution in [0.5, 0.6) is 5.75 Å². The Kier molecular flexibility index (Phi) is 8.17. The number of amides is 1. The van der Waals surface area contributed by atoms with Gasteiger partial charge in [-0.25, -0.2) is 4.98 Å². The first kappa shape index (κ1) is 26.5. The number of hydrogen-bond donors (Lipinski definition) is 2. The van der Waals surface area contributed by atoms with E-state index in [9.17, 15) is 4.79 Å². The number of pyridine rings is 1. The van der Waals surface area contributed by atoms with Gasteiger partial charge in [0.15, 0.2) is 0 Å². The van der Waals surface area contributed by atoms with Crippen LogP contribution >= 0.6 is 22.9 Å². The molecule has 2 aromatic heterocycles. The SMILES string of the molecule is CCOc1ccc(-c2ccc(N)nc2)cc1CN(C(=O)c1sc2ccccc2c1Cl)[C@H]1CC[C@H](NC)CC1. The van der Waals surface area contributed by atoms with Crippen molar-refractivity contribution in [2.45, 2.75) is 51.2 Å². The summed E-state index contributed by atoms with van der Waals surface area (Å²) in [6, 6.07) is 18.4. The fourth-order valence-electron chi connectivity index (χ4n) is 5.26. The molecule has 0 saturated heterocycles. The van der Waals surface area contributed by atoms with E-state index in [1.54, 1.807) is 12.3 Å². The minimum Gasteiger partial charge on any atom is -0.494 e. The number of thiophene rings is 1. The standard InChI is InChI=1S/C30H33ClN4O2S/c1-3-37-25-14-8-19(20-9-15-27(32)34-17-20)16-21(25)18-35(23-12-10-22(33-2)11-13-23)30(36)29-28(31)24-6-4-5-7-26(24)38-29/h4-9,14-17,22-23,33H,3,10-13,18H2,1-2H3,(H2,32,34)/t22-,23-. The van der Waals surface area contributed by atoms with Gasteiger partial charge in [-0.05, 0) is 75.5 Å². The maximum Gasteiger partial charge on any atom is 0.266 e. The molecule has 1 fully saturated rings. The quantitative estimate of drug-likeness (QED) is 0.254. The van der Waals surface area contributed by atoms with Crippen molar-refractivity contribution in [3.8, 4) is 16.9 Å².